The molecule has 0 spiro atoms. The molecular weight excluding hydrogens is 435 g/mol. The summed E-state index contributed by atoms with van der Waals surface area (Å²) in [6.07, 6.45) is 0.00503. The third-order valence-corrected chi connectivity index (χ3v) is 4.66. The lowest BCUT2D eigenvalue weighted by Gasteiger charge is -2.27. The average molecular weight is 453 g/mol. The van der Waals surface area contributed by atoms with Crippen LogP contribution in [0.3, 0.4) is 0 Å². The molecule has 148 valence electrons. The molecule has 2 aromatic rings. The molecule has 0 radical (unpaired) electrons. The van der Waals surface area contributed by atoms with Crippen molar-refractivity contribution >= 4 is 33.6 Å². The highest BCUT2D eigenvalue weighted by atomic mass is 79.9. The summed E-state index contributed by atoms with van der Waals surface area (Å²) in [5, 5.41) is 6.66. The van der Waals surface area contributed by atoms with Gasteiger partial charge in [-0.25, -0.2) is 13.9 Å². The van der Waals surface area contributed by atoms with Crippen molar-refractivity contribution < 1.29 is 18.7 Å². The number of nitrogens with zero attached hydrogens (tertiary/aromatic N) is 3. The molecule has 0 aliphatic carbocycles. The van der Waals surface area contributed by atoms with Gasteiger partial charge in [0.25, 0.3) is 5.56 Å². The van der Waals surface area contributed by atoms with Gasteiger partial charge in [0.2, 0.25) is 5.91 Å². The third-order valence-electron chi connectivity index (χ3n) is 4.17. The number of nitrogens with one attached hydrogen (secondary N) is 1. The zero-order chi connectivity index (χ0) is 20.3. The Morgan fingerprint density at radius 2 is 2.14 bits per heavy atom. The first kappa shape index (κ1) is 20.0. The van der Waals surface area contributed by atoms with Crippen molar-refractivity contribution in [1.29, 1.82) is 0 Å². The molecule has 1 aromatic carbocycles. The largest absolute Gasteiger partial charge is 0.450 e. The summed E-state index contributed by atoms with van der Waals surface area (Å²) < 4.78 is 20.4. The molecule has 2 heterocycles. The topological polar surface area (TPSA) is 93.5 Å². The first-order valence-corrected chi connectivity index (χ1v) is 9.43. The van der Waals surface area contributed by atoms with Crippen molar-refractivity contribution in [3.8, 4) is 0 Å². The summed E-state index contributed by atoms with van der Waals surface area (Å²) in [6.45, 7) is 2.29. The number of hydrogen-bond acceptors (Lipinski definition) is 5. The molecule has 0 atom stereocenters. The Bertz CT molecular complexity index is 979. The Balaban J connectivity index is 1.71. The number of anilines is 1. The van der Waals surface area contributed by atoms with Crippen LogP contribution in [0.2, 0.25) is 0 Å². The molecule has 1 N–H and O–H groups in total. The molecule has 0 fully saturated rings. The van der Waals surface area contributed by atoms with Crippen molar-refractivity contribution in [3.05, 3.63) is 56.2 Å². The molecule has 0 bridgehead atoms. The van der Waals surface area contributed by atoms with Gasteiger partial charge in [-0.1, -0.05) is 15.9 Å². The molecule has 3 rings (SSSR count). The highest BCUT2D eigenvalue weighted by Gasteiger charge is 2.24. The Morgan fingerprint density at radius 1 is 1.36 bits per heavy atom. The number of fused-ring (bicyclic) bond motifs is 1. The van der Waals surface area contributed by atoms with E-state index in [-0.39, 0.29) is 25.4 Å². The molecule has 0 saturated carbocycles. The lowest BCUT2D eigenvalue weighted by molar-refractivity contribution is -0.117. The second-order valence-corrected chi connectivity index (χ2v) is 7.07. The number of hydrogen-bond donors (Lipinski definition) is 1. The molecule has 0 saturated heterocycles. The van der Waals surface area contributed by atoms with Gasteiger partial charge in [0.15, 0.2) is 0 Å². The van der Waals surface area contributed by atoms with Gasteiger partial charge < -0.3 is 15.0 Å². The summed E-state index contributed by atoms with van der Waals surface area (Å²) in [4.78, 5) is 37.8. The van der Waals surface area contributed by atoms with Crippen LogP contribution >= 0.6 is 15.9 Å². The van der Waals surface area contributed by atoms with E-state index in [1.165, 1.54) is 23.1 Å². The summed E-state index contributed by atoms with van der Waals surface area (Å²) in [5.74, 6) is -1.16. The number of halogens is 2. The summed E-state index contributed by atoms with van der Waals surface area (Å²) in [7, 11) is 0. The fraction of sp³-hybridized carbons (Fsp3) is 0.333. The van der Waals surface area contributed by atoms with Crippen LogP contribution in [0, 0.1) is 5.82 Å². The van der Waals surface area contributed by atoms with Gasteiger partial charge in [-0.2, -0.15) is 5.10 Å². The van der Waals surface area contributed by atoms with E-state index in [9.17, 15) is 18.8 Å². The minimum absolute atomic E-state index is 0.0179. The number of ether oxygens (including phenoxy) is 1. The van der Waals surface area contributed by atoms with Gasteiger partial charge in [0.1, 0.15) is 12.4 Å². The molecule has 1 aromatic heterocycles. The second-order valence-electron chi connectivity index (χ2n) is 6.15. The van der Waals surface area contributed by atoms with Crippen LogP contribution in [0.4, 0.5) is 14.9 Å². The molecule has 8 nitrogen and oxygen atoms in total. The number of benzene rings is 1. The quantitative estimate of drug-likeness (QED) is 0.767. The second kappa shape index (κ2) is 8.51. The molecule has 28 heavy (non-hydrogen) atoms. The summed E-state index contributed by atoms with van der Waals surface area (Å²) in [6, 6.07) is 5.61. The highest BCUT2D eigenvalue weighted by Crippen LogP contribution is 2.19. The maximum atomic E-state index is 13.8. The summed E-state index contributed by atoms with van der Waals surface area (Å²) in [5.41, 5.74) is 0.808. The van der Waals surface area contributed by atoms with E-state index in [0.29, 0.717) is 28.7 Å². The van der Waals surface area contributed by atoms with Crippen LogP contribution in [0.1, 0.15) is 18.2 Å². The zero-order valence-corrected chi connectivity index (χ0v) is 16.7. The smallest absolute Gasteiger partial charge is 0.410 e. The van der Waals surface area contributed by atoms with Crippen molar-refractivity contribution in [2.45, 2.75) is 26.4 Å². The average Bonchev–Trinajstić information content (AvgIpc) is 2.64. The number of amides is 2. The maximum Gasteiger partial charge on any atom is 0.410 e. The Labute approximate surface area is 168 Å². The van der Waals surface area contributed by atoms with Crippen LogP contribution in [0.5, 0.6) is 0 Å². The standard InChI is InChI=1S/C18H18BrFN4O4/c1-2-28-18(27)23-6-5-14-11(9-23)7-17(26)24(22-14)10-16(25)21-15-4-3-12(19)8-13(15)20/h3-4,7-8H,2,5-6,9-10H2,1H3,(H,21,25). The van der Waals surface area contributed by atoms with E-state index >= 15 is 0 Å². The number of rotatable bonds is 4. The summed E-state index contributed by atoms with van der Waals surface area (Å²) >= 11 is 3.14. The van der Waals surface area contributed by atoms with Crippen LogP contribution < -0.4 is 10.9 Å². The van der Waals surface area contributed by atoms with Crippen LogP contribution in [-0.4, -0.2) is 39.8 Å². The minimum Gasteiger partial charge on any atom is -0.450 e. The maximum absolute atomic E-state index is 13.8. The van der Waals surface area contributed by atoms with E-state index in [1.807, 2.05) is 0 Å². The number of aromatic nitrogens is 2. The Hall–Kier alpha value is -2.75. The van der Waals surface area contributed by atoms with Gasteiger partial charge >= 0.3 is 6.09 Å². The molecular formula is C18H18BrFN4O4. The van der Waals surface area contributed by atoms with Crippen molar-refractivity contribution in [3.63, 3.8) is 0 Å². The Morgan fingerprint density at radius 3 is 2.86 bits per heavy atom. The van der Waals surface area contributed by atoms with Crippen molar-refractivity contribution in [2.24, 2.45) is 0 Å². The first-order chi connectivity index (χ1) is 13.4. The SMILES string of the molecule is CCOC(=O)N1CCc2nn(CC(=O)Nc3ccc(Br)cc3F)c(=O)cc2C1. The molecule has 10 heteroatoms. The van der Waals surface area contributed by atoms with Gasteiger partial charge in [-0.3, -0.25) is 9.59 Å². The van der Waals surface area contributed by atoms with Gasteiger partial charge in [0, 0.05) is 29.1 Å². The van der Waals surface area contributed by atoms with E-state index in [0.717, 1.165) is 4.68 Å². The predicted octanol–water partition coefficient (Wildman–Crippen LogP) is 2.30. The third kappa shape index (κ3) is 4.56. The van der Waals surface area contributed by atoms with E-state index in [4.69, 9.17) is 4.74 Å². The van der Waals surface area contributed by atoms with Gasteiger partial charge in [-0.05, 0) is 25.1 Å². The minimum atomic E-state index is -0.590. The fourth-order valence-corrected chi connectivity index (χ4v) is 3.17. The lowest BCUT2D eigenvalue weighted by atomic mass is 10.1. The molecule has 0 unspecified atom stereocenters. The molecule has 1 aliphatic rings. The van der Waals surface area contributed by atoms with E-state index in [1.54, 1.807) is 13.0 Å². The molecule has 2 amide bonds. The zero-order valence-electron chi connectivity index (χ0n) is 15.1. The molecule has 1 aliphatic heterocycles. The highest BCUT2D eigenvalue weighted by molar-refractivity contribution is 9.10. The van der Waals surface area contributed by atoms with Gasteiger partial charge in [-0.15, -0.1) is 0 Å². The lowest BCUT2D eigenvalue weighted by Crippen LogP contribution is -2.39. The van der Waals surface area contributed by atoms with Crippen molar-refractivity contribution in [2.75, 3.05) is 18.5 Å². The van der Waals surface area contributed by atoms with Crippen molar-refractivity contribution in [1.82, 2.24) is 14.7 Å². The monoisotopic (exact) mass is 452 g/mol. The van der Waals surface area contributed by atoms with Gasteiger partial charge in [0.05, 0.1) is 24.5 Å². The number of carbonyl (C=O) groups excluding carboxylic acids is 2. The van der Waals surface area contributed by atoms with Crippen LogP contribution in [0.25, 0.3) is 0 Å². The van der Waals surface area contributed by atoms with Crippen LogP contribution in [-0.2, 0) is 29.0 Å². The van der Waals surface area contributed by atoms with E-state index in [2.05, 4.69) is 26.3 Å². The normalized spacial score (nSPS) is 13.0. The first-order valence-electron chi connectivity index (χ1n) is 8.64. The van der Waals surface area contributed by atoms with Crippen LogP contribution in [0.15, 0.2) is 33.5 Å². The fourth-order valence-electron chi connectivity index (χ4n) is 2.84. The van der Waals surface area contributed by atoms with E-state index < -0.39 is 23.4 Å². The Kier molecular flexibility index (Phi) is 6.08. The predicted molar refractivity (Wildman–Crippen MR) is 102 cm³/mol. The number of carbonyl (C=O) groups is 2.